The average molecular weight is 322 g/mol. The molecular weight excluding hydrogens is 300 g/mol. The number of aromatic nitrogens is 2. The second-order valence-corrected chi connectivity index (χ2v) is 9.13. The zero-order valence-electron chi connectivity index (χ0n) is 13.1. The molecular formula is C16H22N2OS2. The molecule has 114 valence electrons. The lowest BCUT2D eigenvalue weighted by atomic mass is 9.72. The van der Waals surface area contributed by atoms with Crippen molar-refractivity contribution in [2.45, 2.75) is 52.1 Å². The van der Waals surface area contributed by atoms with Crippen molar-refractivity contribution in [3.8, 4) is 0 Å². The van der Waals surface area contributed by atoms with E-state index in [1.807, 2.05) is 0 Å². The highest BCUT2D eigenvalue weighted by Crippen LogP contribution is 2.42. The molecule has 1 N–H and O–H groups in total. The van der Waals surface area contributed by atoms with Gasteiger partial charge in [-0.05, 0) is 41.9 Å². The third-order valence-corrected chi connectivity index (χ3v) is 6.31. The summed E-state index contributed by atoms with van der Waals surface area (Å²) in [5.41, 5.74) is 1.64. The Morgan fingerprint density at radius 1 is 1.43 bits per heavy atom. The molecule has 3 nitrogen and oxygen atoms in total. The largest absolute Gasteiger partial charge is 0.301 e. The number of H-pyrrole nitrogens is 1. The van der Waals surface area contributed by atoms with E-state index < -0.39 is 0 Å². The Labute approximate surface area is 133 Å². The van der Waals surface area contributed by atoms with Crippen LogP contribution in [0.3, 0.4) is 0 Å². The van der Waals surface area contributed by atoms with Crippen molar-refractivity contribution in [1.29, 1.82) is 0 Å². The third kappa shape index (κ3) is 2.78. The third-order valence-electron chi connectivity index (χ3n) is 4.40. The lowest BCUT2D eigenvalue weighted by Gasteiger charge is -2.33. The first-order chi connectivity index (χ1) is 9.90. The summed E-state index contributed by atoms with van der Waals surface area (Å²) in [4.78, 5) is 22.3. The summed E-state index contributed by atoms with van der Waals surface area (Å²) in [5.74, 6) is 1.62. The molecule has 0 spiro atoms. The first-order valence-corrected chi connectivity index (χ1v) is 9.37. The van der Waals surface area contributed by atoms with Crippen LogP contribution in [0.4, 0.5) is 0 Å². The molecule has 0 radical (unpaired) electrons. The number of aromatic amines is 1. The van der Waals surface area contributed by atoms with Gasteiger partial charge in [0.2, 0.25) is 0 Å². The fourth-order valence-corrected chi connectivity index (χ4v) is 5.06. The molecule has 0 aromatic carbocycles. The number of nitrogens with one attached hydrogen (secondary N) is 1. The van der Waals surface area contributed by atoms with Crippen LogP contribution in [0, 0.1) is 11.3 Å². The van der Waals surface area contributed by atoms with Crippen molar-refractivity contribution >= 4 is 33.3 Å². The Morgan fingerprint density at radius 2 is 2.19 bits per heavy atom. The Bertz CT molecular complexity index is 724. The monoisotopic (exact) mass is 322 g/mol. The van der Waals surface area contributed by atoms with Crippen LogP contribution in [0.5, 0.6) is 0 Å². The quantitative estimate of drug-likeness (QED) is 0.664. The van der Waals surface area contributed by atoms with Gasteiger partial charge in [0.25, 0.3) is 5.56 Å². The molecule has 5 heteroatoms. The second-order valence-electron chi connectivity index (χ2n) is 6.79. The maximum absolute atomic E-state index is 12.4. The van der Waals surface area contributed by atoms with Crippen LogP contribution >= 0.6 is 23.1 Å². The molecule has 2 aromatic rings. The van der Waals surface area contributed by atoms with E-state index >= 15 is 0 Å². The van der Waals surface area contributed by atoms with Gasteiger partial charge in [0.1, 0.15) is 4.83 Å². The van der Waals surface area contributed by atoms with Crippen molar-refractivity contribution in [2.24, 2.45) is 11.3 Å². The Morgan fingerprint density at radius 3 is 2.86 bits per heavy atom. The molecule has 2 heterocycles. The molecule has 2 aromatic heterocycles. The van der Waals surface area contributed by atoms with Gasteiger partial charge in [-0.3, -0.25) is 4.79 Å². The molecule has 0 saturated heterocycles. The number of thioether (sulfide) groups is 1. The molecule has 1 aliphatic rings. The zero-order valence-corrected chi connectivity index (χ0v) is 14.7. The topological polar surface area (TPSA) is 45.8 Å². The lowest BCUT2D eigenvalue weighted by molar-refractivity contribution is 0.218. The van der Waals surface area contributed by atoms with Crippen LogP contribution in [0.25, 0.3) is 10.2 Å². The summed E-state index contributed by atoms with van der Waals surface area (Å²) in [7, 11) is 0. The number of aryl methyl sites for hydroxylation is 1. The Hall–Kier alpha value is -0.810. The van der Waals surface area contributed by atoms with Crippen LogP contribution in [-0.4, -0.2) is 15.7 Å². The van der Waals surface area contributed by atoms with E-state index in [0.717, 1.165) is 34.0 Å². The summed E-state index contributed by atoms with van der Waals surface area (Å²) >= 11 is 3.32. The molecule has 0 aliphatic heterocycles. The molecule has 0 saturated carbocycles. The van der Waals surface area contributed by atoms with Gasteiger partial charge in [-0.25, -0.2) is 4.98 Å². The maximum Gasteiger partial charge on any atom is 0.260 e. The molecule has 0 amide bonds. The number of fused-ring (bicyclic) bond motifs is 3. The van der Waals surface area contributed by atoms with Crippen LogP contribution in [0.1, 0.15) is 44.6 Å². The van der Waals surface area contributed by atoms with E-state index in [1.54, 1.807) is 23.1 Å². The highest BCUT2D eigenvalue weighted by Gasteiger charge is 2.31. The highest BCUT2D eigenvalue weighted by molar-refractivity contribution is 7.99. The van der Waals surface area contributed by atoms with Gasteiger partial charge < -0.3 is 4.98 Å². The second kappa shape index (κ2) is 5.43. The predicted octanol–water partition coefficient (Wildman–Crippen LogP) is 4.25. The minimum atomic E-state index is 0.0441. The van der Waals surface area contributed by atoms with Crippen LogP contribution in [0.15, 0.2) is 9.95 Å². The predicted molar refractivity (Wildman–Crippen MR) is 91.6 cm³/mol. The smallest absolute Gasteiger partial charge is 0.260 e. The van der Waals surface area contributed by atoms with Crippen LogP contribution in [-0.2, 0) is 12.8 Å². The summed E-state index contributed by atoms with van der Waals surface area (Å²) < 4.78 is 0. The minimum absolute atomic E-state index is 0.0441. The SMILES string of the molecule is CCSc1nc2sc3c(c2c(=O)[nH]1)CC[C@H](C(C)(C)C)C3. The van der Waals surface area contributed by atoms with E-state index in [-0.39, 0.29) is 5.56 Å². The fourth-order valence-electron chi connectivity index (χ4n) is 3.11. The van der Waals surface area contributed by atoms with Gasteiger partial charge in [0, 0.05) is 4.88 Å². The van der Waals surface area contributed by atoms with Gasteiger partial charge in [0.15, 0.2) is 5.16 Å². The van der Waals surface area contributed by atoms with E-state index in [2.05, 4.69) is 37.7 Å². The van der Waals surface area contributed by atoms with E-state index in [9.17, 15) is 4.79 Å². The normalized spacial score (nSPS) is 19.0. The minimum Gasteiger partial charge on any atom is -0.301 e. The highest BCUT2D eigenvalue weighted by atomic mass is 32.2. The van der Waals surface area contributed by atoms with Gasteiger partial charge in [-0.2, -0.15) is 0 Å². The Balaban J connectivity index is 2.07. The van der Waals surface area contributed by atoms with Crippen LogP contribution in [0.2, 0.25) is 0 Å². The number of rotatable bonds is 2. The van der Waals surface area contributed by atoms with Gasteiger partial charge in [0.05, 0.1) is 5.39 Å². The standard InChI is InChI=1S/C16H22N2OS2/c1-5-20-15-17-13(19)12-10-7-6-9(16(2,3)4)8-11(10)21-14(12)18-15/h9H,5-8H2,1-4H3,(H,17,18,19)/t9-/m0/s1. The van der Waals surface area contributed by atoms with Crippen LogP contribution < -0.4 is 5.56 Å². The average Bonchev–Trinajstić information content (AvgIpc) is 2.75. The van der Waals surface area contributed by atoms with Gasteiger partial charge >= 0.3 is 0 Å². The number of hydrogen-bond acceptors (Lipinski definition) is 4. The number of hydrogen-bond donors (Lipinski definition) is 1. The molecule has 0 bridgehead atoms. The molecule has 3 rings (SSSR count). The van der Waals surface area contributed by atoms with Crippen molar-refractivity contribution in [3.63, 3.8) is 0 Å². The zero-order chi connectivity index (χ0) is 15.2. The summed E-state index contributed by atoms with van der Waals surface area (Å²) in [5, 5.41) is 1.60. The lowest BCUT2D eigenvalue weighted by Crippen LogP contribution is -2.26. The summed E-state index contributed by atoms with van der Waals surface area (Å²) in [6.07, 6.45) is 3.28. The Kier molecular flexibility index (Phi) is 3.91. The molecule has 1 aliphatic carbocycles. The molecule has 0 unspecified atom stereocenters. The maximum atomic E-state index is 12.4. The van der Waals surface area contributed by atoms with E-state index in [1.165, 1.54) is 16.9 Å². The van der Waals surface area contributed by atoms with Crippen molar-refractivity contribution in [2.75, 3.05) is 5.75 Å². The fraction of sp³-hybridized carbons (Fsp3) is 0.625. The molecule has 1 atom stereocenters. The van der Waals surface area contributed by atoms with Crippen molar-refractivity contribution < 1.29 is 0 Å². The van der Waals surface area contributed by atoms with E-state index in [0.29, 0.717) is 11.3 Å². The van der Waals surface area contributed by atoms with Crippen molar-refractivity contribution in [3.05, 3.63) is 20.8 Å². The molecule has 21 heavy (non-hydrogen) atoms. The van der Waals surface area contributed by atoms with Gasteiger partial charge in [-0.1, -0.05) is 39.5 Å². The van der Waals surface area contributed by atoms with Crippen molar-refractivity contribution in [1.82, 2.24) is 9.97 Å². The summed E-state index contributed by atoms with van der Waals surface area (Å²) in [6.45, 7) is 9.02. The van der Waals surface area contributed by atoms with Gasteiger partial charge in [-0.15, -0.1) is 11.3 Å². The molecule has 0 fully saturated rings. The first-order valence-electron chi connectivity index (χ1n) is 7.57. The van der Waals surface area contributed by atoms with E-state index in [4.69, 9.17) is 0 Å². The number of nitrogens with zero attached hydrogens (tertiary/aromatic N) is 1. The first kappa shape index (κ1) is 15.1. The number of thiophene rings is 1. The summed E-state index contributed by atoms with van der Waals surface area (Å²) in [6, 6.07) is 0.